The predicted molar refractivity (Wildman–Crippen MR) is 81.2 cm³/mol. The van der Waals surface area contributed by atoms with Gasteiger partial charge < -0.3 is 14.8 Å². The molecule has 0 bridgehead atoms. The summed E-state index contributed by atoms with van der Waals surface area (Å²) in [5, 5.41) is 14.6. The van der Waals surface area contributed by atoms with Gasteiger partial charge in [-0.05, 0) is 18.8 Å². The van der Waals surface area contributed by atoms with Crippen LogP contribution in [0.1, 0.15) is 32.6 Å². The Morgan fingerprint density at radius 1 is 1.33 bits per heavy atom. The van der Waals surface area contributed by atoms with Crippen LogP contribution < -0.4 is 14.8 Å². The second-order valence-corrected chi connectivity index (χ2v) is 5.41. The molecular formula is C15H22N2O4. The summed E-state index contributed by atoms with van der Waals surface area (Å²) in [5.41, 5.74) is 0.507. The van der Waals surface area contributed by atoms with Crippen molar-refractivity contribution in [3.63, 3.8) is 0 Å². The zero-order valence-electron chi connectivity index (χ0n) is 12.7. The molecule has 0 heterocycles. The fraction of sp³-hybridized carbons (Fsp3) is 0.600. The first kappa shape index (κ1) is 15.4. The van der Waals surface area contributed by atoms with Gasteiger partial charge >= 0.3 is 0 Å². The fourth-order valence-corrected chi connectivity index (χ4v) is 2.44. The number of methoxy groups -OCH3 is 2. The van der Waals surface area contributed by atoms with Crippen LogP contribution in [-0.2, 0) is 0 Å². The molecule has 6 nitrogen and oxygen atoms in total. The molecule has 1 aromatic carbocycles. The molecule has 1 unspecified atom stereocenters. The zero-order valence-corrected chi connectivity index (χ0v) is 12.7. The molecule has 2 rings (SSSR count). The molecule has 1 aliphatic rings. The van der Waals surface area contributed by atoms with E-state index < -0.39 is 4.92 Å². The van der Waals surface area contributed by atoms with E-state index in [1.807, 2.05) is 0 Å². The number of nitro benzene ring substituents is 1. The van der Waals surface area contributed by atoms with Crippen LogP contribution >= 0.6 is 0 Å². The molecule has 116 valence electrons. The van der Waals surface area contributed by atoms with E-state index in [0.29, 0.717) is 17.2 Å². The van der Waals surface area contributed by atoms with Crippen molar-refractivity contribution >= 4 is 11.4 Å². The van der Waals surface area contributed by atoms with E-state index in [0.717, 1.165) is 18.8 Å². The molecule has 0 amide bonds. The highest BCUT2D eigenvalue weighted by molar-refractivity contribution is 5.68. The molecule has 0 radical (unpaired) electrons. The van der Waals surface area contributed by atoms with Crippen LogP contribution in [0.4, 0.5) is 11.4 Å². The lowest BCUT2D eigenvalue weighted by molar-refractivity contribution is -0.384. The number of hydrogen-bond donors (Lipinski definition) is 1. The third kappa shape index (κ3) is 3.77. The van der Waals surface area contributed by atoms with E-state index in [1.54, 1.807) is 6.07 Å². The monoisotopic (exact) mass is 294 g/mol. The van der Waals surface area contributed by atoms with Gasteiger partial charge in [0, 0.05) is 12.1 Å². The Balaban J connectivity index is 2.28. The highest BCUT2D eigenvalue weighted by atomic mass is 16.6. The molecule has 0 saturated heterocycles. The van der Waals surface area contributed by atoms with E-state index >= 15 is 0 Å². The first-order valence-corrected chi connectivity index (χ1v) is 7.26. The van der Waals surface area contributed by atoms with Crippen molar-refractivity contribution in [2.45, 2.75) is 38.6 Å². The maximum atomic E-state index is 11.3. The first-order chi connectivity index (χ1) is 10.1. The number of rotatable bonds is 8. The Hall–Kier alpha value is -1.98. The molecule has 0 aliphatic heterocycles. The normalized spacial score (nSPS) is 15.4. The Morgan fingerprint density at radius 2 is 1.95 bits per heavy atom. The minimum atomic E-state index is -0.395. The van der Waals surface area contributed by atoms with E-state index in [2.05, 4.69) is 12.2 Å². The Bertz CT molecular complexity index is 515. The van der Waals surface area contributed by atoms with Gasteiger partial charge in [0.25, 0.3) is 5.69 Å². The molecule has 0 aromatic heterocycles. The highest BCUT2D eigenvalue weighted by Gasteiger charge is 2.27. The van der Waals surface area contributed by atoms with Crippen LogP contribution in [0.5, 0.6) is 11.5 Å². The third-order valence-electron chi connectivity index (χ3n) is 3.87. The molecule has 1 atom stereocenters. The number of hydrogen-bond acceptors (Lipinski definition) is 5. The lowest BCUT2D eigenvalue weighted by atomic mass is 10.1. The van der Waals surface area contributed by atoms with Crippen LogP contribution in [-0.4, -0.2) is 25.2 Å². The van der Waals surface area contributed by atoms with E-state index in [4.69, 9.17) is 9.47 Å². The quantitative estimate of drug-likeness (QED) is 0.585. The predicted octanol–water partition coefficient (Wildman–Crippen LogP) is 3.60. The van der Waals surface area contributed by atoms with Gasteiger partial charge in [-0.1, -0.05) is 19.8 Å². The molecule has 1 aliphatic carbocycles. The lowest BCUT2D eigenvalue weighted by Gasteiger charge is -2.19. The van der Waals surface area contributed by atoms with Gasteiger partial charge in [0.2, 0.25) is 0 Å². The first-order valence-electron chi connectivity index (χ1n) is 7.26. The summed E-state index contributed by atoms with van der Waals surface area (Å²) in [4.78, 5) is 10.9. The smallest absolute Gasteiger partial charge is 0.296 e. The molecule has 1 saturated carbocycles. The molecule has 0 spiro atoms. The summed E-state index contributed by atoms with van der Waals surface area (Å²) in [6.07, 6.45) is 4.53. The Kier molecular flexibility index (Phi) is 4.88. The Labute approximate surface area is 124 Å². The van der Waals surface area contributed by atoms with Gasteiger partial charge in [0.15, 0.2) is 11.5 Å². The zero-order chi connectivity index (χ0) is 15.4. The van der Waals surface area contributed by atoms with Crippen LogP contribution in [0, 0.1) is 16.0 Å². The summed E-state index contributed by atoms with van der Waals surface area (Å²) in [6.45, 7) is 2.09. The van der Waals surface area contributed by atoms with Crippen LogP contribution in [0.3, 0.4) is 0 Å². The number of anilines is 1. The van der Waals surface area contributed by atoms with Gasteiger partial charge in [0.1, 0.15) is 5.69 Å². The number of nitrogens with one attached hydrogen (secondary N) is 1. The molecule has 1 aromatic rings. The second kappa shape index (κ2) is 6.65. The van der Waals surface area contributed by atoms with Crippen molar-refractivity contribution in [2.75, 3.05) is 19.5 Å². The average Bonchev–Trinajstić information content (AvgIpc) is 3.29. The van der Waals surface area contributed by atoms with E-state index in [1.165, 1.54) is 33.1 Å². The average molecular weight is 294 g/mol. The van der Waals surface area contributed by atoms with Crippen LogP contribution in [0.15, 0.2) is 12.1 Å². The molecule has 1 fully saturated rings. The summed E-state index contributed by atoms with van der Waals surface area (Å²) >= 11 is 0. The van der Waals surface area contributed by atoms with E-state index in [-0.39, 0.29) is 11.7 Å². The van der Waals surface area contributed by atoms with Gasteiger partial charge in [-0.25, -0.2) is 0 Å². The second-order valence-electron chi connectivity index (χ2n) is 5.41. The van der Waals surface area contributed by atoms with Crippen molar-refractivity contribution < 1.29 is 14.4 Å². The number of nitro groups is 1. The lowest BCUT2D eigenvalue weighted by Crippen LogP contribution is -2.20. The minimum absolute atomic E-state index is 0.0156. The van der Waals surface area contributed by atoms with Crippen molar-refractivity contribution in [2.24, 2.45) is 5.92 Å². The maximum absolute atomic E-state index is 11.3. The van der Waals surface area contributed by atoms with Crippen molar-refractivity contribution in [1.82, 2.24) is 0 Å². The number of benzene rings is 1. The number of nitrogens with zero attached hydrogens (tertiary/aromatic N) is 1. The maximum Gasteiger partial charge on any atom is 0.296 e. The van der Waals surface area contributed by atoms with E-state index in [9.17, 15) is 10.1 Å². The fourth-order valence-electron chi connectivity index (χ4n) is 2.44. The SMILES string of the molecule is CCC(CC1CC1)Nc1cc(OC)c(OC)cc1[N+](=O)[O-]. The van der Waals surface area contributed by atoms with Crippen molar-refractivity contribution in [1.29, 1.82) is 0 Å². The molecule has 6 heteroatoms. The summed E-state index contributed by atoms with van der Waals surface area (Å²) < 4.78 is 10.4. The molecular weight excluding hydrogens is 272 g/mol. The largest absolute Gasteiger partial charge is 0.493 e. The molecule has 1 N–H and O–H groups in total. The standard InChI is InChI=1S/C15H22N2O4/c1-4-11(7-10-5-6-10)16-12-8-14(20-2)15(21-3)9-13(12)17(18)19/h8-11,16H,4-7H2,1-3H3. The minimum Gasteiger partial charge on any atom is -0.493 e. The molecule has 21 heavy (non-hydrogen) atoms. The summed E-state index contributed by atoms with van der Waals surface area (Å²) in [6, 6.07) is 3.30. The van der Waals surface area contributed by atoms with Gasteiger partial charge in [-0.15, -0.1) is 0 Å². The van der Waals surface area contributed by atoms with Crippen molar-refractivity contribution in [3.8, 4) is 11.5 Å². The third-order valence-corrected chi connectivity index (χ3v) is 3.87. The van der Waals surface area contributed by atoms with Crippen LogP contribution in [0.25, 0.3) is 0 Å². The summed E-state index contributed by atoms with van der Waals surface area (Å²) in [5.74, 6) is 1.62. The topological polar surface area (TPSA) is 73.6 Å². The summed E-state index contributed by atoms with van der Waals surface area (Å²) in [7, 11) is 2.99. The van der Waals surface area contributed by atoms with Gasteiger partial charge in [-0.2, -0.15) is 0 Å². The van der Waals surface area contributed by atoms with Gasteiger partial charge in [-0.3, -0.25) is 10.1 Å². The Morgan fingerprint density at radius 3 is 2.43 bits per heavy atom. The van der Waals surface area contributed by atoms with Crippen molar-refractivity contribution in [3.05, 3.63) is 22.2 Å². The number of ether oxygens (including phenoxy) is 2. The van der Waals surface area contributed by atoms with Crippen LogP contribution in [0.2, 0.25) is 0 Å². The van der Waals surface area contributed by atoms with Gasteiger partial charge in [0.05, 0.1) is 25.2 Å². The highest BCUT2D eigenvalue weighted by Crippen LogP contribution is 2.39.